The first-order valence-corrected chi connectivity index (χ1v) is 2.54. The number of aromatic hydroxyl groups is 1. The summed E-state index contributed by atoms with van der Waals surface area (Å²) in [5, 5.41) is 8.76. The molecule has 1 aromatic carbocycles. The minimum Gasteiger partial charge on any atom is -0.508 e. The number of rotatable bonds is 0. The molecule has 1 rings (SSSR count). The van der Waals surface area contributed by atoms with Gasteiger partial charge in [-0.1, -0.05) is 17.7 Å². The summed E-state index contributed by atoms with van der Waals surface area (Å²) < 4.78 is 0. The van der Waals surface area contributed by atoms with Crippen molar-refractivity contribution in [3.8, 4) is 5.75 Å². The van der Waals surface area contributed by atoms with Gasteiger partial charge < -0.3 is 5.11 Å². The number of aryl methyl sites for hydroxylation is 1. The zero-order chi connectivity index (χ0) is 5.98. The van der Waals surface area contributed by atoms with E-state index in [-0.39, 0.29) is 20.4 Å². The molecule has 0 spiro atoms. The third-order valence-electron chi connectivity index (χ3n) is 1.03. The van der Waals surface area contributed by atoms with Crippen LogP contribution in [0.2, 0.25) is 0 Å². The van der Waals surface area contributed by atoms with Crippen LogP contribution >= 0.6 is 0 Å². The number of hydrogen-bond acceptors (Lipinski definition) is 1. The molecule has 1 N–H and O–H groups in total. The Morgan fingerprint density at radius 2 is 1.56 bits per heavy atom. The van der Waals surface area contributed by atoms with E-state index in [4.69, 9.17) is 5.11 Å². The quantitative estimate of drug-likeness (QED) is 0.772. The summed E-state index contributed by atoms with van der Waals surface area (Å²) in [5.41, 5.74) is 1.17. The molecule has 2 heteroatoms. The van der Waals surface area contributed by atoms with Crippen molar-refractivity contribution < 1.29 is 25.5 Å². The van der Waals surface area contributed by atoms with Gasteiger partial charge >= 0.3 is 0 Å². The molecule has 0 heterocycles. The minimum atomic E-state index is 0. The van der Waals surface area contributed by atoms with Gasteiger partial charge in [0.15, 0.2) is 0 Å². The summed E-state index contributed by atoms with van der Waals surface area (Å²) in [6, 6.07) is 7.09. The predicted molar refractivity (Wildman–Crippen MR) is 32.8 cm³/mol. The van der Waals surface area contributed by atoms with Gasteiger partial charge in [-0.05, 0) is 19.1 Å². The van der Waals surface area contributed by atoms with Crippen LogP contribution in [0.15, 0.2) is 24.3 Å². The third kappa shape index (κ3) is 2.65. The van der Waals surface area contributed by atoms with Crippen molar-refractivity contribution in [3.05, 3.63) is 29.8 Å². The van der Waals surface area contributed by atoms with Crippen molar-refractivity contribution in [1.82, 2.24) is 0 Å². The Labute approximate surface area is 68.4 Å². The van der Waals surface area contributed by atoms with Crippen molar-refractivity contribution >= 4 is 0 Å². The topological polar surface area (TPSA) is 20.2 Å². The number of phenols is 1. The molecule has 1 aromatic rings. The average Bonchev–Trinajstić information content (AvgIpc) is 1.77. The molecule has 0 aromatic heterocycles. The van der Waals surface area contributed by atoms with E-state index >= 15 is 0 Å². The van der Waals surface area contributed by atoms with Gasteiger partial charge in [-0.15, -0.1) is 0 Å². The summed E-state index contributed by atoms with van der Waals surface area (Å²) in [6.07, 6.45) is 0. The summed E-state index contributed by atoms with van der Waals surface area (Å²) in [7, 11) is 0. The fraction of sp³-hybridized carbons (Fsp3) is 0.143. The van der Waals surface area contributed by atoms with E-state index in [1.165, 1.54) is 5.56 Å². The Bertz CT molecular complexity index is 148. The molecule has 0 aliphatic heterocycles. The zero-order valence-corrected chi connectivity index (χ0v) is 7.85. The van der Waals surface area contributed by atoms with Crippen LogP contribution in [0.25, 0.3) is 0 Å². The Balaban J connectivity index is 0.000000640. The van der Waals surface area contributed by atoms with Crippen molar-refractivity contribution in [3.63, 3.8) is 0 Å². The average molecular weight is 294 g/mol. The molecule has 0 bridgehead atoms. The summed E-state index contributed by atoms with van der Waals surface area (Å²) in [4.78, 5) is 0. The molecule has 0 unspecified atom stereocenters. The number of benzene rings is 1. The zero-order valence-electron chi connectivity index (χ0n) is 5.13. The van der Waals surface area contributed by atoms with Gasteiger partial charge in [-0.2, -0.15) is 0 Å². The first kappa shape index (κ1) is 8.68. The van der Waals surface area contributed by atoms with Crippen molar-refractivity contribution in [2.75, 3.05) is 0 Å². The van der Waals surface area contributed by atoms with E-state index in [1.807, 2.05) is 19.1 Å². The van der Waals surface area contributed by atoms with Gasteiger partial charge in [0.2, 0.25) is 0 Å². The molecule has 0 saturated heterocycles. The van der Waals surface area contributed by atoms with E-state index in [0.717, 1.165) is 0 Å². The van der Waals surface area contributed by atoms with Crippen molar-refractivity contribution in [1.29, 1.82) is 0 Å². The van der Waals surface area contributed by atoms with Crippen LogP contribution in [0.3, 0.4) is 0 Å². The Morgan fingerprint density at radius 1 is 1.11 bits per heavy atom. The molecule has 0 aliphatic rings. The van der Waals surface area contributed by atoms with Gasteiger partial charge in [0, 0.05) is 20.4 Å². The maximum atomic E-state index is 8.76. The largest absolute Gasteiger partial charge is 0.508 e. The summed E-state index contributed by atoms with van der Waals surface area (Å²) in [6.45, 7) is 1.99. The maximum Gasteiger partial charge on any atom is 0.115 e. The van der Waals surface area contributed by atoms with Gasteiger partial charge in [0.05, 0.1) is 0 Å². The van der Waals surface area contributed by atoms with Crippen molar-refractivity contribution in [2.24, 2.45) is 0 Å². The SMILES string of the molecule is Cc1ccc(O)cc1.[Re]. The molecule has 0 fully saturated rings. The molecule has 0 saturated carbocycles. The first-order chi connectivity index (χ1) is 3.79. The minimum absolute atomic E-state index is 0. The number of hydrogen-bond donors (Lipinski definition) is 1. The van der Waals surface area contributed by atoms with Crippen molar-refractivity contribution in [2.45, 2.75) is 6.92 Å². The van der Waals surface area contributed by atoms with Crippen LogP contribution in [0.1, 0.15) is 5.56 Å². The van der Waals surface area contributed by atoms with Crippen LogP contribution in [-0.2, 0) is 20.4 Å². The van der Waals surface area contributed by atoms with Gasteiger partial charge in [0.1, 0.15) is 5.75 Å². The van der Waals surface area contributed by atoms with E-state index in [2.05, 4.69) is 0 Å². The number of phenolic OH excluding ortho intramolecular Hbond substituents is 1. The second kappa shape index (κ2) is 3.66. The van der Waals surface area contributed by atoms with E-state index in [1.54, 1.807) is 12.1 Å². The monoisotopic (exact) mass is 295 g/mol. The van der Waals surface area contributed by atoms with Gasteiger partial charge in [-0.3, -0.25) is 0 Å². The van der Waals surface area contributed by atoms with Crippen LogP contribution in [0, 0.1) is 6.92 Å². The van der Waals surface area contributed by atoms with E-state index in [0.29, 0.717) is 5.75 Å². The van der Waals surface area contributed by atoms with Crippen LogP contribution < -0.4 is 0 Å². The molecule has 49 valence electrons. The third-order valence-corrected chi connectivity index (χ3v) is 1.03. The molecular weight excluding hydrogens is 286 g/mol. The second-order valence-electron chi connectivity index (χ2n) is 1.84. The standard InChI is InChI=1S/C7H8O.Re/c1-6-2-4-7(8)5-3-6;/h2-5,8H,1H3;. The van der Waals surface area contributed by atoms with Gasteiger partial charge in [0.25, 0.3) is 0 Å². The molecule has 1 nitrogen and oxygen atoms in total. The van der Waals surface area contributed by atoms with Crippen LogP contribution in [0.5, 0.6) is 5.75 Å². The first-order valence-electron chi connectivity index (χ1n) is 2.54. The summed E-state index contributed by atoms with van der Waals surface area (Å²) >= 11 is 0. The molecule has 9 heavy (non-hydrogen) atoms. The normalized spacial score (nSPS) is 8.11. The van der Waals surface area contributed by atoms with Crippen LogP contribution in [0.4, 0.5) is 0 Å². The van der Waals surface area contributed by atoms with E-state index in [9.17, 15) is 0 Å². The Morgan fingerprint density at radius 3 is 1.89 bits per heavy atom. The van der Waals surface area contributed by atoms with Gasteiger partial charge in [-0.25, -0.2) is 0 Å². The fourth-order valence-corrected chi connectivity index (χ4v) is 0.545. The molecule has 0 aliphatic carbocycles. The smallest absolute Gasteiger partial charge is 0.115 e. The Hall–Kier alpha value is -0.318. The fourth-order valence-electron chi connectivity index (χ4n) is 0.545. The summed E-state index contributed by atoms with van der Waals surface area (Å²) in [5.74, 6) is 0.329. The van der Waals surface area contributed by atoms with E-state index < -0.39 is 0 Å². The molecule has 1 radical (unpaired) electrons. The molecular formula is C7H8ORe. The predicted octanol–water partition coefficient (Wildman–Crippen LogP) is 1.70. The second-order valence-corrected chi connectivity index (χ2v) is 1.84. The Kier molecular flexibility index (Phi) is 3.53. The maximum absolute atomic E-state index is 8.76. The molecule has 0 amide bonds. The van der Waals surface area contributed by atoms with Crippen LogP contribution in [-0.4, -0.2) is 5.11 Å². The molecule has 0 atom stereocenters.